The largest absolute Gasteiger partial charge is 0.405 e. The van der Waals surface area contributed by atoms with Crippen LogP contribution in [0, 0.1) is 0 Å². The summed E-state index contributed by atoms with van der Waals surface area (Å²) in [5.74, 6) is -0.686. The van der Waals surface area contributed by atoms with Crippen LogP contribution in [0.15, 0.2) is 0 Å². The Kier molecular flexibility index (Phi) is 7.09. The van der Waals surface area contributed by atoms with Crippen molar-refractivity contribution in [3.8, 4) is 0 Å². The average molecular weight is 257 g/mol. The molecule has 1 unspecified atom stereocenters. The van der Waals surface area contributed by atoms with E-state index >= 15 is 0 Å². The minimum atomic E-state index is -4.39. The number of carbonyl (C=O) groups excluding carboxylic acids is 1. The SMILES string of the molecule is COCC(N)CN(C)CC(=O)NCC(F)(F)F. The highest BCUT2D eigenvalue weighted by atomic mass is 19.4. The van der Waals surface area contributed by atoms with Crippen molar-refractivity contribution in [1.29, 1.82) is 0 Å². The molecule has 0 heterocycles. The molecule has 1 amide bonds. The van der Waals surface area contributed by atoms with E-state index in [1.165, 1.54) is 12.0 Å². The number of amides is 1. The zero-order valence-electron chi connectivity index (χ0n) is 9.88. The van der Waals surface area contributed by atoms with Crippen LogP contribution < -0.4 is 11.1 Å². The van der Waals surface area contributed by atoms with Gasteiger partial charge in [-0.15, -0.1) is 0 Å². The molecule has 0 bridgehead atoms. The summed E-state index contributed by atoms with van der Waals surface area (Å²) in [6.07, 6.45) is -4.39. The maximum absolute atomic E-state index is 11.8. The first-order chi connectivity index (χ1) is 7.74. The van der Waals surface area contributed by atoms with Gasteiger partial charge in [-0.05, 0) is 7.05 Å². The fourth-order valence-corrected chi connectivity index (χ4v) is 1.23. The number of carbonyl (C=O) groups is 1. The first kappa shape index (κ1) is 16.1. The quantitative estimate of drug-likeness (QED) is 0.649. The van der Waals surface area contributed by atoms with E-state index in [9.17, 15) is 18.0 Å². The summed E-state index contributed by atoms with van der Waals surface area (Å²) >= 11 is 0. The van der Waals surface area contributed by atoms with Crippen molar-refractivity contribution in [2.45, 2.75) is 12.2 Å². The normalized spacial score (nSPS) is 13.8. The fourth-order valence-electron chi connectivity index (χ4n) is 1.23. The van der Waals surface area contributed by atoms with Crippen LogP contribution >= 0.6 is 0 Å². The summed E-state index contributed by atoms with van der Waals surface area (Å²) in [5.41, 5.74) is 5.63. The van der Waals surface area contributed by atoms with Crippen LogP contribution in [-0.2, 0) is 9.53 Å². The van der Waals surface area contributed by atoms with Gasteiger partial charge in [0.05, 0.1) is 13.2 Å². The first-order valence-corrected chi connectivity index (χ1v) is 5.01. The predicted octanol–water partition coefficient (Wildman–Crippen LogP) is -0.430. The lowest BCUT2D eigenvalue weighted by molar-refractivity contribution is -0.138. The maximum atomic E-state index is 11.8. The summed E-state index contributed by atoms with van der Waals surface area (Å²) < 4.78 is 40.2. The summed E-state index contributed by atoms with van der Waals surface area (Å²) in [5, 5.41) is 1.78. The van der Waals surface area contributed by atoms with Crippen LogP contribution in [0.3, 0.4) is 0 Å². The Morgan fingerprint density at radius 3 is 2.59 bits per heavy atom. The number of ether oxygens (including phenoxy) is 1. The van der Waals surface area contributed by atoms with E-state index < -0.39 is 18.6 Å². The zero-order valence-corrected chi connectivity index (χ0v) is 9.88. The maximum Gasteiger partial charge on any atom is 0.405 e. The Morgan fingerprint density at radius 1 is 1.53 bits per heavy atom. The molecule has 0 aromatic carbocycles. The van der Waals surface area contributed by atoms with Crippen molar-refractivity contribution in [3.05, 3.63) is 0 Å². The Balaban J connectivity index is 3.80. The highest BCUT2D eigenvalue weighted by Crippen LogP contribution is 2.11. The Hall–Kier alpha value is -0.860. The molecule has 0 aromatic rings. The van der Waals surface area contributed by atoms with Gasteiger partial charge in [-0.3, -0.25) is 9.69 Å². The molecule has 0 aromatic heterocycles. The molecule has 0 saturated heterocycles. The summed E-state index contributed by atoms with van der Waals surface area (Å²) in [4.78, 5) is 12.7. The molecule has 5 nitrogen and oxygen atoms in total. The number of hydrogen-bond donors (Lipinski definition) is 2. The molecule has 0 radical (unpaired) electrons. The standard InChI is InChI=1S/C9H18F3N3O2/c1-15(3-7(13)5-17-2)4-8(16)14-6-9(10,11)12/h7H,3-6,13H2,1-2H3,(H,14,16). The molecule has 0 fully saturated rings. The van der Waals surface area contributed by atoms with Crippen LogP contribution in [-0.4, -0.2) is 63.4 Å². The van der Waals surface area contributed by atoms with Crippen molar-refractivity contribution in [2.24, 2.45) is 5.73 Å². The number of hydrogen-bond acceptors (Lipinski definition) is 4. The van der Waals surface area contributed by atoms with E-state index in [0.717, 1.165) is 0 Å². The molecule has 0 aliphatic rings. The number of nitrogens with two attached hydrogens (primary N) is 1. The topological polar surface area (TPSA) is 67.6 Å². The molecular formula is C9H18F3N3O2. The van der Waals surface area contributed by atoms with Gasteiger partial charge < -0.3 is 15.8 Å². The second-order valence-corrected chi connectivity index (χ2v) is 3.80. The second-order valence-electron chi connectivity index (χ2n) is 3.80. The van der Waals surface area contributed by atoms with Crippen LogP contribution in [0.4, 0.5) is 13.2 Å². The van der Waals surface area contributed by atoms with Crippen molar-refractivity contribution in [2.75, 3.05) is 40.4 Å². The van der Waals surface area contributed by atoms with Gasteiger partial charge in [0.15, 0.2) is 0 Å². The fraction of sp³-hybridized carbons (Fsp3) is 0.889. The lowest BCUT2D eigenvalue weighted by atomic mass is 10.3. The van der Waals surface area contributed by atoms with E-state index in [4.69, 9.17) is 10.5 Å². The third-order valence-corrected chi connectivity index (χ3v) is 1.83. The van der Waals surface area contributed by atoms with Crippen molar-refractivity contribution >= 4 is 5.91 Å². The number of methoxy groups -OCH3 is 1. The zero-order chi connectivity index (χ0) is 13.5. The molecule has 1 atom stereocenters. The van der Waals surface area contributed by atoms with Crippen molar-refractivity contribution in [3.63, 3.8) is 0 Å². The lowest BCUT2D eigenvalue weighted by Gasteiger charge is -2.20. The number of nitrogens with zero attached hydrogens (tertiary/aromatic N) is 1. The number of likely N-dealkylation sites (N-methyl/N-ethyl adjacent to an activating group) is 1. The van der Waals surface area contributed by atoms with Crippen LogP contribution in [0.5, 0.6) is 0 Å². The molecule has 8 heteroatoms. The monoisotopic (exact) mass is 257 g/mol. The summed E-state index contributed by atoms with van der Waals surface area (Å²) in [6, 6.07) is -0.277. The summed E-state index contributed by atoms with van der Waals surface area (Å²) in [7, 11) is 3.10. The van der Waals surface area contributed by atoms with Gasteiger partial charge in [-0.2, -0.15) is 13.2 Å². The average Bonchev–Trinajstić information content (AvgIpc) is 2.13. The molecule has 17 heavy (non-hydrogen) atoms. The first-order valence-electron chi connectivity index (χ1n) is 5.01. The van der Waals surface area contributed by atoms with Crippen molar-refractivity contribution in [1.82, 2.24) is 10.2 Å². The smallest absolute Gasteiger partial charge is 0.383 e. The molecule has 0 aliphatic heterocycles. The van der Waals surface area contributed by atoms with E-state index in [0.29, 0.717) is 13.2 Å². The predicted molar refractivity (Wildman–Crippen MR) is 56.4 cm³/mol. The van der Waals surface area contributed by atoms with Gasteiger partial charge >= 0.3 is 6.18 Å². The van der Waals surface area contributed by atoms with Gasteiger partial charge in [-0.1, -0.05) is 0 Å². The van der Waals surface area contributed by atoms with E-state index in [-0.39, 0.29) is 12.6 Å². The molecule has 3 N–H and O–H groups in total. The third-order valence-electron chi connectivity index (χ3n) is 1.83. The third kappa shape index (κ3) is 10.0. The minimum Gasteiger partial charge on any atom is -0.383 e. The van der Waals surface area contributed by atoms with Crippen molar-refractivity contribution < 1.29 is 22.7 Å². The van der Waals surface area contributed by atoms with E-state index in [2.05, 4.69) is 0 Å². The van der Waals surface area contributed by atoms with Gasteiger partial charge in [0.1, 0.15) is 6.54 Å². The van der Waals surface area contributed by atoms with Gasteiger partial charge in [0.2, 0.25) is 5.91 Å². The molecule has 0 aliphatic carbocycles. The van der Waals surface area contributed by atoms with E-state index in [1.807, 2.05) is 0 Å². The lowest BCUT2D eigenvalue weighted by Crippen LogP contribution is -2.44. The molecule has 0 saturated carbocycles. The Bertz CT molecular complexity index is 236. The van der Waals surface area contributed by atoms with Crippen LogP contribution in [0.25, 0.3) is 0 Å². The molecule has 102 valence electrons. The Morgan fingerprint density at radius 2 is 2.12 bits per heavy atom. The number of rotatable bonds is 7. The minimum absolute atomic E-state index is 0.131. The highest BCUT2D eigenvalue weighted by molar-refractivity contribution is 5.78. The second kappa shape index (κ2) is 7.46. The highest BCUT2D eigenvalue weighted by Gasteiger charge is 2.27. The number of alkyl halides is 3. The van der Waals surface area contributed by atoms with Crippen LogP contribution in [0.2, 0.25) is 0 Å². The number of halogens is 3. The van der Waals surface area contributed by atoms with Gasteiger partial charge in [0.25, 0.3) is 0 Å². The van der Waals surface area contributed by atoms with Gasteiger partial charge in [0, 0.05) is 19.7 Å². The molecule has 0 rings (SSSR count). The number of nitrogens with one attached hydrogen (secondary N) is 1. The van der Waals surface area contributed by atoms with Crippen LogP contribution in [0.1, 0.15) is 0 Å². The summed E-state index contributed by atoms with van der Waals surface area (Å²) in [6.45, 7) is -0.751. The molecule has 0 spiro atoms. The molecular weight excluding hydrogens is 239 g/mol. The Labute approximate surface area is 98.1 Å². The van der Waals surface area contributed by atoms with E-state index in [1.54, 1.807) is 12.4 Å². The van der Waals surface area contributed by atoms with Gasteiger partial charge in [-0.25, -0.2) is 0 Å².